The van der Waals surface area contributed by atoms with E-state index in [9.17, 15) is 13.2 Å². The molecule has 25 heavy (non-hydrogen) atoms. The van der Waals surface area contributed by atoms with Gasteiger partial charge < -0.3 is 0 Å². The minimum absolute atomic E-state index is 0.0438. The average molecular weight is 395 g/mol. The van der Waals surface area contributed by atoms with E-state index in [1.54, 1.807) is 58.8 Å². The Kier molecular flexibility index (Phi) is 4.95. The Morgan fingerprint density at radius 1 is 1.12 bits per heavy atom. The maximum atomic E-state index is 12.5. The van der Waals surface area contributed by atoms with Gasteiger partial charge in [0.25, 0.3) is 10.0 Å². The van der Waals surface area contributed by atoms with Crippen LogP contribution >= 0.6 is 23.1 Å². The zero-order valence-corrected chi connectivity index (χ0v) is 16.5. The Morgan fingerprint density at radius 3 is 2.40 bits per heavy atom. The van der Waals surface area contributed by atoms with Gasteiger partial charge in [-0.05, 0) is 62.6 Å². The number of nitrogens with one attached hydrogen (secondary N) is 1. The molecular weight excluding hydrogens is 376 g/mol. The molecule has 2 aromatic carbocycles. The van der Waals surface area contributed by atoms with Crippen molar-refractivity contribution in [1.29, 1.82) is 0 Å². The lowest BCUT2D eigenvalue weighted by Crippen LogP contribution is -2.14. The maximum absolute atomic E-state index is 12.5. The summed E-state index contributed by atoms with van der Waals surface area (Å²) in [5.74, 6) is 0. The largest absolute Gasteiger partial charge is 0.308 e. The average Bonchev–Trinajstić information content (AvgIpc) is 2.89. The molecular formula is C17H18N2O3S3. The topological polar surface area (TPSA) is 68.2 Å². The molecule has 8 heteroatoms. The van der Waals surface area contributed by atoms with E-state index in [2.05, 4.69) is 4.72 Å². The van der Waals surface area contributed by atoms with Gasteiger partial charge >= 0.3 is 4.87 Å². The molecule has 5 nitrogen and oxygen atoms in total. The standard InChI is InChI=1S/C17H18N2O3S3/c1-11(2)19-15-9-4-12(10-16(15)24-17(19)20)18-25(21,22)14-7-5-13(23-3)6-8-14/h4-11,18H,1-3H3. The van der Waals surface area contributed by atoms with Gasteiger partial charge in [0, 0.05) is 10.9 Å². The number of thioether (sulfide) groups is 1. The van der Waals surface area contributed by atoms with Gasteiger partial charge in [-0.25, -0.2) is 8.42 Å². The van der Waals surface area contributed by atoms with Gasteiger partial charge in [0.2, 0.25) is 0 Å². The van der Waals surface area contributed by atoms with Gasteiger partial charge in [-0.3, -0.25) is 14.1 Å². The Balaban J connectivity index is 1.95. The molecule has 132 valence electrons. The third-order valence-electron chi connectivity index (χ3n) is 3.75. The second-order valence-electron chi connectivity index (χ2n) is 5.80. The third kappa shape index (κ3) is 3.61. The van der Waals surface area contributed by atoms with Gasteiger partial charge in [0.05, 0.1) is 20.8 Å². The van der Waals surface area contributed by atoms with Crippen LogP contribution in [0.15, 0.2) is 57.1 Å². The predicted molar refractivity (Wildman–Crippen MR) is 106 cm³/mol. The Bertz CT molecular complexity index is 1060. The highest BCUT2D eigenvalue weighted by atomic mass is 32.2. The van der Waals surface area contributed by atoms with Crippen LogP contribution in [-0.4, -0.2) is 19.2 Å². The van der Waals surface area contributed by atoms with Crippen LogP contribution in [0.4, 0.5) is 5.69 Å². The van der Waals surface area contributed by atoms with E-state index in [0.29, 0.717) is 5.69 Å². The first-order valence-corrected chi connectivity index (χ1v) is 11.2. The second-order valence-corrected chi connectivity index (χ2v) is 9.35. The molecule has 0 radical (unpaired) electrons. The summed E-state index contributed by atoms with van der Waals surface area (Å²) in [4.78, 5) is 13.3. The quantitative estimate of drug-likeness (QED) is 0.660. The zero-order valence-electron chi connectivity index (χ0n) is 14.0. The second kappa shape index (κ2) is 6.86. The molecule has 0 bridgehead atoms. The van der Waals surface area contributed by atoms with Crippen molar-refractivity contribution in [2.45, 2.75) is 29.7 Å². The van der Waals surface area contributed by atoms with Crippen LogP contribution in [0.5, 0.6) is 0 Å². The maximum Gasteiger partial charge on any atom is 0.308 e. The van der Waals surface area contributed by atoms with Crippen LogP contribution in [0.25, 0.3) is 10.2 Å². The Hall–Kier alpha value is -1.77. The van der Waals surface area contributed by atoms with E-state index in [1.165, 1.54) is 0 Å². The van der Waals surface area contributed by atoms with Gasteiger partial charge in [-0.1, -0.05) is 11.3 Å². The van der Waals surface area contributed by atoms with Crippen LogP contribution in [0.1, 0.15) is 19.9 Å². The normalized spacial score (nSPS) is 12.0. The lowest BCUT2D eigenvalue weighted by molar-refractivity contribution is 0.601. The Labute approximate surface area is 154 Å². The van der Waals surface area contributed by atoms with Gasteiger partial charge in [-0.15, -0.1) is 11.8 Å². The SMILES string of the molecule is CSc1ccc(S(=O)(=O)Nc2ccc3c(c2)sc(=O)n3C(C)C)cc1. The molecule has 0 spiro atoms. The molecule has 1 aromatic heterocycles. The van der Waals surface area contributed by atoms with Crippen molar-refractivity contribution < 1.29 is 8.42 Å². The zero-order chi connectivity index (χ0) is 18.2. The molecule has 3 rings (SSSR count). The predicted octanol–water partition coefficient (Wildman–Crippen LogP) is 4.17. The van der Waals surface area contributed by atoms with Crippen LogP contribution in [-0.2, 0) is 10.0 Å². The number of sulfonamides is 1. The molecule has 0 aliphatic heterocycles. The fourth-order valence-corrected chi connectivity index (χ4v) is 5.07. The molecule has 0 amide bonds. The lowest BCUT2D eigenvalue weighted by Gasteiger charge is -2.10. The van der Waals surface area contributed by atoms with Crippen molar-refractivity contribution in [3.8, 4) is 0 Å². The highest BCUT2D eigenvalue weighted by Gasteiger charge is 2.16. The first-order valence-electron chi connectivity index (χ1n) is 7.64. The first-order chi connectivity index (χ1) is 11.8. The fraction of sp³-hybridized carbons (Fsp3) is 0.235. The highest BCUT2D eigenvalue weighted by Crippen LogP contribution is 2.26. The molecule has 1 heterocycles. The summed E-state index contributed by atoms with van der Waals surface area (Å²) in [5.41, 5.74) is 1.26. The number of benzene rings is 2. The number of rotatable bonds is 5. The molecule has 1 N–H and O–H groups in total. The smallest absolute Gasteiger partial charge is 0.296 e. The molecule has 3 aromatic rings. The summed E-state index contributed by atoms with van der Waals surface area (Å²) in [7, 11) is -3.67. The van der Waals surface area contributed by atoms with Crippen molar-refractivity contribution in [3.63, 3.8) is 0 Å². The van der Waals surface area contributed by atoms with Gasteiger partial charge in [-0.2, -0.15) is 0 Å². The van der Waals surface area contributed by atoms with E-state index >= 15 is 0 Å². The summed E-state index contributed by atoms with van der Waals surface area (Å²) in [6.45, 7) is 3.89. The van der Waals surface area contributed by atoms with Gasteiger partial charge in [0.1, 0.15) is 0 Å². The number of hydrogen-bond acceptors (Lipinski definition) is 5. The third-order valence-corrected chi connectivity index (χ3v) is 6.81. The van der Waals surface area contributed by atoms with Crippen LogP contribution in [0, 0.1) is 0 Å². The molecule has 0 saturated carbocycles. The molecule has 0 aliphatic carbocycles. The van der Waals surface area contributed by atoms with Crippen LogP contribution in [0.2, 0.25) is 0 Å². The van der Waals surface area contributed by atoms with E-state index in [1.807, 2.05) is 20.1 Å². The summed E-state index contributed by atoms with van der Waals surface area (Å²) < 4.78 is 30.1. The van der Waals surface area contributed by atoms with E-state index in [-0.39, 0.29) is 15.8 Å². The molecule has 0 unspecified atom stereocenters. The summed E-state index contributed by atoms with van der Waals surface area (Å²) in [6, 6.07) is 11.9. The van der Waals surface area contributed by atoms with E-state index < -0.39 is 10.0 Å². The number of hydrogen-bond donors (Lipinski definition) is 1. The monoisotopic (exact) mass is 394 g/mol. The summed E-state index contributed by atoms with van der Waals surface area (Å²) in [5, 5.41) is 0. The van der Waals surface area contributed by atoms with Crippen molar-refractivity contribution in [2.75, 3.05) is 11.0 Å². The van der Waals surface area contributed by atoms with Crippen molar-refractivity contribution in [3.05, 3.63) is 52.1 Å². The van der Waals surface area contributed by atoms with Crippen molar-refractivity contribution in [1.82, 2.24) is 4.57 Å². The number of fused-ring (bicyclic) bond motifs is 1. The molecule has 0 fully saturated rings. The molecule has 0 atom stereocenters. The lowest BCUT2D eigenvalue weighted by atomic mass is 10.3. The van der Waals surface area contributed by atoms with Crippen molar-refractivity contribution in [2.24, 2.45) is 0 Å². The number of nitrogens with zero attached hydrogens (tertiary/aromatic N) is 1. The highest BCUT2D eigenvalue weighted by molar-refractivity contribution is 7.98. The Morgan fingerprint density at radius 2 is 1.80 bits per heavy atom. The molecule has 0 aliphatic rings. The number of aromatic nitrogens is 1. The minimum Gasteiger partial charge on any atom is -0.296 e. The summed E-state index contributed by atoms with van der Waals surface area (Å²) >= 11 is 2.67. The number of thiazole rings is 1. The van der Waals surface area contributed by atoms with Crippen LogP contribution < -0.4 is 9.60 Å². The molecule has 0 saturated heterocycles. The summed E-state index contributed by atoms with van der Waals surface area (Å²) in [6.07, 6.45) is 1.94. The van der Waals surface area contributed by atoms with Gasteiger partial charge in [0.15, 0.2) is 0 Å². The van der Waals surface area contributed by atoms with Crippen molar-refractivity contribution >= 4 is 49.0 Å². The van der Waals surface area contributed by atoms with E-state index in [4.69, 9.17) is 0 Å². The number of anilines is 1. The van der Waals surface area contributed by atoms with Crippen LogP contribution in [0.3, 0.4) is 0 Å². The fourth-order valence-electron chi connectivity index (χ4n) is 2.56. The van der Waals surface area contributed by atoms with E-state index in [0.717, 1.165) is 26.4 Å². The minimum atomic E-state index is -3.67. The first kappa shape index (κ1) is 18.0.